The zero-order valence-corrected chi connectivity index (χ0v) is 25.5. The molecule has 3 aromatic rings. The van der Waals surface area contributed by atoms with Crippen LogP contribution >= 0.6 is 35.5 Å². The van der Waals surface area contributed by atoms with E-state index in [9.17, 15) is 13.2 Å². The molecule has 0 spiro atoms. The van der Waals surface area contributed by atoms with Gasteiger partial charge in [0, 0.05) is 49.7 Å². The Kier molecular flexibility index (Phi) is 10.3. The number of rotatable bonds is 8. The topological polar surface area (TPSA) is 83.0 Å². The summed E-state index contributed by atoms with van der Waals surface area (Å²) >= 11 is 3.14. The van der Waals surface area contributed by atoms with E-state index < -0.39 is 10.0 Å². The second-order valence-electron chi connectivity index (χ2n) is 9.85. The molecule has 0 N–H and O–H groups in total. The van der Waals surface area contributed by atoms with Crippen LogP contribution in [0.2, 0.25) is 0 Å². The maximum Gasteiger partial charge on any atom is 0.260 e. The van der Waals surface area contributed by atoms with Gasteiger partial charge in [-0.3, -0.25) is 14.6 Å². The zero-order valence-electron chi connectivity index (χ0n) is 22.2. The molecule has 1 amide bonds. The average molecular weight is 611 g/mol. The Morgan fingerprint density at radius 3 is 2.59 bits per heavy atom. The summed E-state index contributed by atoms with van der Waals surface area (Å²) in [6, 6.07) is 12.5. The van der Waals surface area contributed by atoms with Gasteiger partial charge in [-0.2, -0.15) is 4.31 Å². The minimum Gasteiger partial charge on any atom is -0.379 e. The molecular weight excluding hydrogens is 576 g/mol. The van der Waals surface area contributed by atoms with Gasteiger partial charge in [-0.15, -0.1) is 24.2 Å². The normalized spacial score (nSPS) is 19.1. The predicted molar refractivity (Wildman–Crippen MR) is 161 cm³/mol. The van der Waals surface area contributed by atoms with Crippen LogP contribution < -0.4 is 4.90 Å². The summed E-state index contributed by atoms with van der Waals surface area (Å²) in [6.45, 7) is 7.40. The maximum atomic E-state index is 13.8. The molecule has 12 heteroatoms. The van der Waals surface area contributed by atoms with Crippen LogP contribution in [0.4, 0.5) is 5.13 Å². The number of carbonyl (C=O) groups is 1. The quantitative estimate of drug-likeness (QED) is 0.338. The van der Waals surface area contributed by atoms with E-state index in [1.165, 1.54) is 11.3 Å². The molecule has 0 saturated carbocycles. The summed E-state index contributed by atoms with van der Waals surface area (Å²) < 4.78 is 34.5. The van der Waals surface area contributed by atoms with E-state index in [1.54, 1.807) is 45.2 Å². The first-order chi connectivity index (χ1) is 18.4. The van der Waals surface area contributed by atoms with Crippen molar-refractivity contribution in [1.82, 2.24) is 14.2 Å². The highest BCUT2D eigenvalue weighted by Gasteiger charge is 2.29. The Labute approximate surface area is 245 Å². The smallest absolute Gasteiger partial charge is 0.260 e. The molecule has 0 bridgehead atoms. The first-order valence-electron chi connectivity index (χ1n) is 13.0. The number of halogens is 1. The van der Waals surface area contributed by atoms with Gasteiger partial charge in [-0.1, -0.05) is 24.3 Å². The maximum absolute atomic E-state index is 13.8. The monoisotopic (exact) mass is 610 g/mol. The van der Waals surface area contributed by atoms with Crippen molar-refractivity contribution in [1.29, 1.82) is 0 Å². The van der Waals surface area contributed by atoms with Gasteiger partial charge < -0.3 is 4.74 Å². The van der Waals surface area contributed by atoms with Crippen LogP contribution in [-0.4, -0.2) is 87.3 Å². The molecule has 1 unspecified atom stereocenters. The lowest BCUT2D eigenvalue weighted by Crippen LogP contribution is -2.43. The fraction of sp³-hybridized carbons (Fsp3) is 0.481. The molecule has 1 atom stereocenters. The van der Waals surface area contributed by atoms with Gasteiger partial charge >= 0.3 is 0 Å². The molecule has 212 valence electrons. The third-order valence-electron chi connectivity index (χ3n) is 7.17. The Hall–Kier alpha value is -1.73. The van der Waals surface area contributed by atoms with Crippen molar-refractivity contribution < 1.29 is 17.9 Å². The number of benzene rings is 2. The number of piperidine rings is 1. The number of thiazole rings is 1. The van der Waals surface area contributed by atoms with Crippen LogP contribution in [0.1, 0.15) is 30.1 Å². The molecule has 2 aliphatic heterocycles. The molecule has 2 aliphatic rings. The number of anilines is 1. The first kappa shape index (κ1) is 30.2. The number of para-hydroxylation sites is 1. The molecule has 2 fully saturated rings. The number of thioether (sulfide) groups is 1. The van der Waals surface area contributed by atoms with Crippen molar-refractivity contribution >= 4 is 66.8 Å². The van der Waals surface area contributed by atoms with Crippen molar-refractivity contribution in [3.63, 3.8) is 0 Å². The van der Waals surface area contributed by atoms with Gasteiger partial charge in [0.2, 0.25) is 10.0 Å². The van der Waals surface area contributed by atoms with Gasteiger partial charge in [0.05, 0.1) is 28.3 Å². The number of amides is 1. The minimum absolute atomic E-state index is 0. The van der Waals surface area contributed by atoms with Gasteiger partial charge in [-0.25, -0.2) is 13.4 Å². The van der Waals surface area contributed by atoms with Crippen molar-refractivity contribution in [2.75, 3.05) is 63.6 Å². The molecule has 2 aromatic carbocycles. The average Bonchev–Trinajstić information content (AvgIpc) is 3.38. The number of morpholine rings is 1. The summed E-state index contributed by atoms with van der Waals surface area (Å²) in [5.74, 6) is 0.165. The number of ether oxygens (including phenoxy) is 1. The standard InChI is InChI=1S/C27H34N4O4S3.ClH/c1-20-5-4-12-30(19-20)38(33,34)22-10-8-21(9-11-22)26(32)31(14-13-29-15-17-35-18-16-29)27-28-25-23(36-2)6-3-7-24(25)37-27;/h3,6-11,20H,4-5,12-19H2,1-2H3;1H. The number of fused-ring (bicyclic) bond motifs is 1. The zero-order chi connectivity index (χ0) is 26.7. The lowest BCUT2D eigenvalue weighted by molar-refractivity contribution is 0.0391. The number of hydrogen-bond acceptors (Lipinski definition) is 8. The van der Waals surface area contributed by atoms with Gasteiger partial charge in [0.1, 0.15) is 0 Å². The van der Waals surface area contributed by atoms with E-state index in [1.807, 2.05) is 24.5 Å². The van der Waals surface area contributed by atoms with Gasteiger partial charge in [-0.05, 0) is 61.4 Å². The van der Waals surface area contributed by atoms with Crippen LogP contribution in [0.15, 0.2) is 52.3 Å². The van der Waals surface area contributed by atoms with Crippen LogP contribution in [0, 0.1) is 5.92 Å². The predicted octanol–water partition coefficient (Wildman–Crippen LogP) is 4.84. The van der Waals surface area contributed by atoms with Gasteiger partial charge in [0.25, 0.3) is 5.91 Å². The van der Waals surface area contributed by atoms with E-state index in [4.69, 9.17) is 9.72 Å². The van der Waals surface area contributed by atoms with E-state index in [-0.39, 0.29) is 23.2 Å². The van der Waals surface area contributed by atoms with E-state index in [0.717, 1.165) is 41.0 Å². The molecular formula is C27H35ClN4O4S3. The first-order valence-corrected chi connectivity index (χ1v) is 16.5. The Balaban J connectivity index is 0.00000353. The summed E-state index contributed by atoms with van der Waals surface area (Å²) in [5, 5.41) is 0.652. The van der Waals surface area contributed by atoms with Crippen molar-refractivity contribution in [3.05, 3.63) is 48.0 Å². The molecule has 5 rings (SSSR count). The molecule has 0 aliphatic carbocycles. The summed E-state index contributed by atoms with van der Waals surface area (Å²) in [6.07, 6.45) is 3.94. The molecule has 3 heterocycles. The van der Waals surface area contributed by atoms with Crippen LogP contribution in [0.3, 0.4) is 0 Å². The number of nitrogens with zero attached hydrogens (tertiary/aromatic N) is 4. The number of carbonyl (C=O) groups excluding carboxylic acids is 1. The lowest BCUT2D eigenvalue weighted by atomic mass is 10.0. The van der Waals surface area contributed by atoms with Crippen LogP contribution in [0.5, 0.6) is 0 Å². The Morgan fingerprint density at radius 1 is 1.15 bits per heavy atom. The third kappa shape index (κ3) is 6.78. The largest absolute Gasteiger partial charge is 0.379 e. The van der Waals surface area contributed by atoms with Gasteiger partial charge in [0.15, 0.2) is 5.13 Å². The highest BCUT2D eigenvalue weighted by Crippen LogP contribution is 2.35. The molecule has 2 saturated heterocycles. The molecule has 39 heavy (non-hydrogen) atoms. The highest BCUT2D eigenvalue weighted by atomic mass is 35.5. The second-order valence-corrected chi connectivity index (χ2v) is 13.6. The summed E-state index contributed by atoms with van der Waals surface area (Å²) in [5.41, 5.74) is 1.35. The van der Waals surface area contributed by atoms with Crippen LogP contribution in [0.25, 0.3) is 10.2 Å². The number of aromatic nitrogens is 1. The molecule has 0 radical (unpaired) electrons. The Bertz CT molecular complexity index is 1380. The highest BCUT2D eigenvalue weighted by molar-refractivity contribution is 7.98. The molecule has 8 nitrogen and oxygen atoms in total. The second kappa shape index (κ2) is 13.3. The fourth-order valence-electron chi connectivity index (χ4n) is 4.98. The summed E-state index contributed by atoms with van der Waals surface area (Å²) in [4.78, 5) is 24.0. The van der Waals surface area contributed by atoms with Crippen molar-refractivity contribution in [2.45, 2.75) is 29.6 Å². The fourth-order valence-corrected chi connectivity index (χ4v) is 8.22. The van der Waals surface area contributed by atoms with Crippen LogP contribution in [-0.2, 0) is 14.8 Å². The van der Waals surface area contributed by atoms with Crippen molar-refractivity contribution in [3.8, 4) is 0 Å². The Morgan fingerprint density at radius 2 is 1.90 bits per heavy atom. The number of sulfonamides is 1. The lowest BCUT2D eigenvalue weighted by Gasteiger charge is -2.30. The third-order valence-corrected chi connectivity index (χ3v) is 10.9. The number of hydrogen-bond donors (Lipinski definition) is 0. The van der Waals surface area contributed by atoms with Crippen molar-refractivity contribution in [2.24, 2.45) is 5.92 Å². The minimum atomic E-state index is -3.58. The summed E-state index contributed by atoms with van der Waals surface area (Å²) in [7, 11) is -3.58. The molecule has 1 aromatic heterocycles. The van der Waals surface area contributed by atoms with E-state index >= 15 is 0 Å². The van der Waals surface area contributed by atoms with E-state index in [0.29, 0.717) is 56.0 Å². The van der Waals surface area contributed by atoms with E-state index in [2.05, 4.69) is 11.8 Å². The SMILES string of the molecule is CSc1cccc2sc(N(CCN3CCOCC3)C(=O)c3ccc(S(=O)(=O)N4CCCC(C)C4)cc3)nc12.Cl.